The van der Waals surface area contributed by atoms with Gasteiger partial charge in [-0.3, -0.25) is 14.9 Å². The number of anilines is 1. The minimum absolute atomic E-state index is 0.169. The number of rotatable bonds is 7. The van der Waals surface area contributed by atoms with Crippen molar-refractivity contribution in [2.75, 3.05) is 11.4 Å². The fourth-order valence-corrected chi connectivity index (χ4v) is 3.09. The molecule has 1 N–H and O–H groups in total. The van der Waals surface area contributed by atoms with E-state index in [0.29, 0.717) is 19.3 Å². The van der Waals surface area contributed by atoms with Gasteiger partial charge >= 0.3 is 23.4 Å². The molecule has 0 aromatic carbocycles. The van der Waals surface area contributed by atoms with Crippen molar-refractivity contribution in [1.82, 2.24) is 9.97 Å². The fourth-order valence-electron chi connectivity index (χ4n) is 2.97. The van der Waals surface area contributed by atoms with Crippen molar-refractivity contribution < 1.29 is 28.4 Å². The summed E-state index contributed by atoms with van der Waals surface area (Å²) in [6, 6.07) is -0.581. The van der Waals surface area contributed by atoms with E-state index in [4.69, 9.17) is 16.7 Å². The molecule has 0 radical (unpaired) electrons. The van der Waals surface area contributed by atoms with Crippen LogP contribution in [0, 0.1) is 16.0 Å². The molecule has 0 spiro atoms. The lowest BCUT2D eigenvalue weighted by atomic mass is 10.1. The van der Waals surface area contributed by atoms with Gasteiger partial charge in [-0.15, -0.1) is 0 Å². The molecule has 26 heavy (non-hydrogen) atoms. The maximum absolute atomic E-state index is 14.2. The van der Waals surface area contributed by atoms with Crippen molar-refractivity contribution >= 4 is 34.9 Å². The first-order valence-electron chi connectivity index (χ1n) is 7.62. The number of aromatic nitrogens is 2. The molecule has 0 saturated heterocycles. The van der Waals surface area contributed by atoms with Crippen LogP contribution in [0.2, 0.25) is 5.28 Å². The van der Waals surface area contributed by atoms with E-state index in [1.54, 1.807) is 0 Å². The molecular weight excluding hydrogens is 378 g/mol. The Bertz CT molecular complexity index is 748. The first-order valence-corrected chi connectivity index (χ1v) is 8.00. The molecule has 1 unspecified atom stereocenters. The number of halogens is 3. The summed E-state index contributed by atoms with van der Waals surface area (Å²) in [7, 11) is 0. The smallest absolute Gasteiger partial charge is 0.378 e. The van der Waals surface area contributed by atoms with Gasteiger partial charge in [0.1, 0.15) is 6.20 Å². The van der Waals surface area contributed by atoms with Gasteiger partial charge in [0.05, 0.1) is 11.5 Å². The van der Waals surface area contributed by atoms with Gasteiger partial charge in [-0.2, -0.15) is 13.8 Å². The van der Waals surface area contributed by atoms with Crippen LogP contribution in [0.25, 0.3) is 0 Å². The third kappa shape index (κ3) is 4.21. The molecular formula is C14H15ClF2N4O5. The van der Waals surface area contributed by atoms with E-state index in [2.05, 4.69) is 9.97 Å². The second-order valence-electron chi connectivity index (χ2n) is 6.14. The van der Waals surface area contributed by atoms with E-state index in [1.807, 2.05) is 6.92 Å². The van der Waals surface area contributed by atoms with Crippen molar-refractivity contribution in [3.8, 4) is 0 Å². The van der Waals surface area contributed by atoms with Crippen LogP contribution in [-0.2, 0) is 9.59 Å². The van der Waals surface area contributed by atoms with Crippen LogP contribution < -0.4 is 4.90 Å². The first-order chi connectivity index (χ1) is 12.0. The van der Waals surface area contributed by atoms with E-state index >= 15 is 0 Å². The largest absolute Gasteiger partial charge is 0.475 e. The second kappa shape index (κ2) is 7.44. The molecule has 2 rings (SSSR count). The van der Waals surface area contributed by atoms with Crippen molar-refractivity contribution in [3.63, 3.8) is 0 Å². The van der Waals surface area contributed by atoms with Crippen molar-refractivity contribution in [2.24, 2.45) is 5.92 Å². The SMILES string of the molecule is C[C@@H]1CCC(N(CC(F)(F)C(=O)C(=O)O)c2nc(Cl)ncc2[N+](=O)[O-])C1. The predicted molar refractivity (Wildman–Crippen MR) is 85.4 cm³/mol. The Hall–Kier alpha value is -2.43. The maximum atomic E-state index is 14.2. The molecule has 0 aliphatic heterocycles. The normalized spacial score (nSPS) is 20.0. The minimum atomic E-state index is -4.26. The highest BCUT2D eigenvalue weighted by atomic mass is 35.5. The Balaban J connectivity index is 2.49. The van der Waals surface area contributed by atoms with Crippen LogP contribution in [0.1, 0.15) is 26.2 Å². The van der Waals surface area contributed by atoms with Crippen molar-refractivity contribution in [3.05, 3.63) is 21.6 Å². The number of Topliss-reactive ketones (excluding diaryl/α,β-unsaturated/α-hetero) is 1. The Morgan fingerprint density at radius 1 is 1.50 bits per heavy atom. The van der Waals surface area contributed by atoms with Crippen LogP contribution in [0.5, 0.6) is 0 Å². The lowest BCUT2D eigenvalue weighted by Crippen LogP contribution is -2.49. The van der Waals surface area contributed by atoms with E-state index in [0.717, 1.165) is 11.1 Å². The summed E-state index contributed by atoms with van der Waals surface area (Å²) in [5.41, 5.74) is -0.660. The quantitative estimate of drug-likeness (QED) is 0.324. The molecule has 2 atom stereocenters. The maximum Gasteiger partial charge on any atom is 0.378 e. The van der Waals surface area contributed by atoms with Crippen LogP contribution in [0.15, 0.2) is 6.20 Å². The number of aliphatic carboxylic acids is 1. The highest BCUT2D eigenvalue weighted by molar-refractivity contribution is 6.35. The number of carbonyl (C=O) groups is 2. The van der Waals surface area contributed by atoms with Gasteiger partial charge in [0.25, 0.3) is 0 Å². The molecule has 1 aromatic rings. The first kappa shape index (κ1) is 19.9. The van der Waals surface area contributed by atoms with Crippen molar-refractivity contribution in [2.45, 2.75) is 38.2 Å². The standard InChI is InChI=1S/C14H15ClF2N4O5/c1-7-2-3-8(4-7)20(6-14(16,17)10(22)12(23)24)11-9(21(25)26)5-18-13(15)19-11/h5,7-8H,2-4,6H2,1H3,(H,23,24)/t7-,8?/m1/s1. The van der Waals surface area contributed by atoms with Crippen LogP contribution in [0.4, 0.5) is 20.3 Å². The molecule has 1 aromatic heterocycles. The molecule has 9 nitrogen and oxygen atoms in total. The summed E-state index contributed by atoms with van der Waals surface area (Å²) in [5, 5.41) is 19.4. The second-order valence-corrected chi connectivity index (χ2v) is 6.48. The Labute approximate surface area is 151 Å². The zero-order chi connectivity index (χ0) is 19.6. The summed E-state index contributed by atoms with van der Waals surface area (Å²) in [5.74, 6) is -9.14. The molecule has 12 heteroatoms. The van der Waals surface area contributed by atoms with Gasteiger partial charge in [-0.1, -0.05) is 6.92 Å². The molecule has 0 amide bonds. The van der Waals surface area contributed by atoms with Gasteiger partial charge in [0, 0.05) is 6.04 Å². The number of alkyl halides is 2. The Morgan fingerprint density at radius 3 is 2.65 bits per heavy atom. The van der Waals surface area contributed by atoms with Crippen LogP contribution in [-0.4, -0.2) is 50.3 Å². The zero-order valence-corrected chi connectivity index (χ0v) is 14.3. The third-order valence-electron chi connectivity index (χ3n) is 4.19. The topological polar surface area (TPSA) is 127 Å². The Kier molecular flexibility index (Phi) is 5.69. The molecule has 1 heterocycles. The highest BCUT2D eigenvalue weighted by Crippen LogP contribution is 2.37. The number of hydrogen-bond acceptors (Lipinski definition) is 7. The number of nitrogens with zero attached hydrogens (tertiary/aromatic N) is 4. The molecule has 1 saturated carbocycles. The summed E-state index contributed by atoms with van der Waals surface area (Å²) >= 11 is 5.67. The minimum Gasteiger partial charge on any atom is -0.475 e. The summed E-state index contributed by atoms with van der Waals surface area (Å²) in [6.07, 6.45) is 2.33. The van der Waals surface area contributed by atoms with Gasteiger partial charge in [-0.05, 0) is 36.8 Å². The number of carbonyl (C=O) groups excluding carboxylic acids is 1. The average molecular weight is 393 g/mol. The number of ketones is 1. The van der Waals surface area contributed by atoms with Gasteiger partial charge in [0.2, 0.25) is 11.1 Å². The summed E-state index contributed by atoms with van der Waals surface area (Å²) in [4.78, 5) is 40.4. The molecule has 1 fully saturated rings. The van der Waals surface area contributed by atoms with Crippen LogP contribution in [0.3, 0.4) is 0 Å². The van der Waals surface area contributed by atoms with Gasteiger partial charge < -0.3 is 10.0 Å². The van der Waals surface area contributed by atoms with E-state index < -0.39 is 52.0 Å². The van der Waals surface area contributed by atoms with Gasteiger partial charge in [0.15, 0.2) is 0 Å². The third-order valence-corrected chi connectivity index (χ3v) is 4.37. The highest BCUT2D eigenvalue weighted by Gasteiger charge is 2.47. The molecule has 1 aliphatic rings. The van der Waals surface area contributed by atoms with Crippen molar-refractivity contribution in [1.29, 1.82) is 0 Å². The monoisotopic (exact) mass is 392 g/mol. The van der Waals surface area contributed by atoms with Crippen LogP contribution >= 0.6 is 11.6 Å². The number of nitro groups is 1. The number of carboxylic acid groups (broad SMARTS) is 1. The predicted octanol–water partition coefficient (Wildman–Crippen LogP) is 2.32. The molecule has 1 aliphatic carbocycles. The average Bonchev–Trinajstić information content (AvgIpc) is 2.97. The lowest BCUT2D eigenvalue weighted by molar-refractivity contribution is -0.384. The van der Waals surface area contributed by atoms with Gasteiger partial charge in [-0.25, -0.2) is 9.78 Å². The van der Waals surface area contributed by atoms with E-state index in [1.165, 1.54) is 0 Å². The summed E-state index contributed by atoms with van der Waals surface area (Å²) in [6.45, 7) is 0.532. The number of carboxylic acids is 1. The van der Waals surface area contributed by atoms with E-state index in [-0.39, 0.29) is 5.92 Å². The lowest BCUT2D eigenvalue weighted by Gasteiger charge is -2.32. The molecule has 142 valence electrons. The molecule has 0 bridgehead atoms. The fraction of sp³-hybridized carbons (Fsp3) is 0.571. The zero-order valence-electron chi connectivity index (χ0n) is 13.6. The Morgan fingerprint density at radius 2 is 2.15 bits per heavy atom. The summed E-state index contributed by atoms with van der Waals surface area (Å²) < 4.78 is 28.3. The number of hydrogen-bond donors (Lipinski definition) is 1. The van der Waals surface area contributed by atoms with E-state index in [9.17, 15) is 28.5 Å².